The second-order valence-electron chi connectivity index (χ2n) is 6.39. The Morgan fingerprint density at radius 2 is 1.96 bits per heavy atom. The summed E-state index contributed by atoms with van der Waals surface area (Å²) in [7, 11) is 0. The minimum absolute atomic E-state index is 0.0282. The zero-order chi connectivity index (χ0) is 16.3. The summed E-state index contributed by atoms with van der Waals surface area (Å²) >= 11 is 12.7. The van der Waals surface area contributed by atoms with Gasteiger partial charge in [0.1, 0.15) is 4.33 Å². The molecule has 1 aromatic carbocycles. The molecule has 23 heavy (non-hydrogen) atoms. The molecule has 0 spiro atoms. The number of alkyl halides is 2. The van der Waals surface area contributed by atoms with Crippen LogP contribution in [0, 0.1) is 5.92 Å². The Balaban J connectivity index is 1.49. The first-order chi connectivity index (χ1) is 11.1. The molecule has 0 bridgehead atoms. The molecule has 2 aliphatic rings. The van der Waals surface area contributed by atoms with Crippen LogP contribution in [0.5, 0.6) is 0 Å². The molecule has 2 fully saturated rings. The van der Waals surface area contributed by atoms with Crippen molar-refractivity contribution < 1.29 is 9.69 Å². The number of benzene rings is 1. The largest absolute Gasteiger partial charge is 0.327 e. The Morgan fingerprint density at radius 1 is 1.26 bits per heavy atom. The Morgan fingerprint density at radius 3 is 2.65 bits per heavy atom. The predicted octanol–water partition coefficient (Wildman–Crippen LogP) is 1.74. The monoisotopic (exact) mass is 354 g/mol. The number of quaternary nitrogens is 1. The van der Waals surface area contributed by atoms with Crippen molar-refractivity contribution in [1.29, 1.82) is 0 Å². The quantitative estimate of drug-likeness (QED) is 0.472. The lowest BCUT2D eigenvalue weighted by Gasteiger charge is -2.22. The topological polar surface area (TPSA) is 45.9 Å². The first-order valence-corrected chi connectivity index (χ1v) is 8.93. The molecule has 1 aliphatic heterocycles. The van der Waals surface area contributed by atoms with Gasteiger partial charge in [0, 0.05) is 18.1 Å². The van der Waals surface area contributed by atoms with Gasteiger partial charge >= 0.3 is 0 Å². The van der Waals surface area contributed by atoms with Gasteiger partial charge in [-0.15, -0.1) is 23.2 Å². The molecule has 2 N–H and O–H groups in total. The highest BCUT2D eigenvalue weighted by atomic mass is 35.5. The lowest BCUT2D eigenvalue weighted by atomic mass is 10.1. The Hall–Kier alpha value is -1.10. The number of nitrogens with one attached hydrogen (secondary N) is 2. The SMILES string of the molecule is O=C(C[NH+]1CCCCC1)N/N=C\[C@H]1[C@@H](c2ccccc2)C1(Cl)Cl. The predicted molar refractivity (Wildman–Crippen MR) is 93.2 cm³/mol. The molecule has 124 valence electrons. The third kappa shape index (κ3) is 4.06. The molecule has 0 radical (unpaired) electrons. The van der Waals surface area contributed by atoms with E-state index in [1.807, 2.05) is 30.3 Å². The molecule has 1 saturated carbocycles. The average Bonchev–Trinajstić information content (AvgIpc) is 3.10. The third-order valence-electron chi connectivity index (χ3n) is 4.66. The zero-order valence-corrected chi connectivity index (χ0v) is 14.5. The third-order valence-corrected chi connectivity index (χ3v) is 5.64. The summed E-state index contributed by atoms with van der Waals surface area (Å²) in [6.07, 6.45) is 5.35. The van der Waals surface area contributed by atoms with Crippen molar-refractivity contribution in [2.75, 3.05) is 19.6 Å². The van der Waals surface area contributed by atoms with Gasteiger partial charge in [-0.1, -0.05) is 30.3 Å². The lowest BCUT2D eigenvalue weighted by Crippen LogP contribution is -3.13. The van der Waals surface area contributed by atoms with Crippen molar-refractivity contribution in [1.82, 2.24) is 5.43 Å². The van der Waals surface area contributed by atoms with Crippen LogP contribution in [0.2, 0.25) is 0 Å². The fourth-order valence-electron chi connectivity index (χ4n) is 3.31. The molecular weight excluding hydrogens is 333 g/mol. The van der Waals surface area contributed by atoms with E-state index in [9.17, 15) is 4.79 Å². The van der Waals surface area contributed by atoms with E-state index < -0.39 is 4.33 Å². The molecule has 1 aliphatic carbocycles. The first-order valence-electron chi connectivity index (χ1n) is 8.17. The second kappa shape index (κ2) is 7.20. The number of amides is 1. The number of rotatable bonds is 5. The number of carbonyl (C=O) groups excluding carboxylic acids is 1. The van der Waals surface area contributed by atoms with E-state index in [0.717, 1.165) is 18.7 Å². The average molecular weight is 355 g/mol. The van der Waals surface area contributed by atoms with Gasteiger partial charge in [0.05, 0.1) is 13.1 Å². The summed E-state index contributed by atoms with van der Waals surface area (Å²) in [6, 6.07) is 9.92. The van der Waals surface area contributed by atoms with Crippen LogP contribution in [0.4, 0.5) is 0 Å². The number of nitrogens with zero attached hydrogens (tertiary/aromatic N) is 1. The molecule has 2 atom stereocenters. The molecular formula is C17H22Cl2N3O+. The van der Waals surface area contributed by atoms with E-state index in [1.54, 1.807) is 6.21 Å². The van der Waals surface area contributed by atoms with Gasteiger partial charge in [-0.2, -0.15) is 5.10 Å². The summed E-state index contributed by atoms with van der Waals surface area (Å²) in [5.41, 5.74) is 3.70. The summed E-state index contributed by atoms with van der Waals surface area (Å²) < 4.78 is -0.840. The van der Waals surface area contributed by atoms with Crippen LogP contribution in [0.25, 0.3) is 0 Å². The van der Waals surface area contributed by atoms with Gasteiger partial charge in [-0.25, -0.2) is 5.43 Å². The highest BCUT2D eigenvalue weighted by Crippen LogP contribution is 2.63. The molecule has 6 heteroatoms. The van der Waals surface area contributed by atoms with Gasteiger partial charge < -0.3 is 4.90 Å². The van der Waals surface area contributed by atoms with Gasteiger partial charge in [-0.3, -0.25) is 4.79 Å². The standard InChI is InChI=1S/C17H21Cl2N3O/c18-17(19)14(16(17)13-7-3-1-4-8-13)11-20-21-15(23)12-22-9-5-2-6-10-22/h1,3-4,7-8,11,14,16H,2,5-6,9-10,12H2,(H,21,23)/p+1/b20-11-/t14-,16+/m0/s1. The van der Waals surface area contributed by atoms with E-state index in [4.69, 9.17) is 23.2 Å². The molecule has 4 nitrogen and oxygen atoms in total. The van der Waals surface area contributed by atoms with Crippen LogP contribution in [0.3, 0.4) is 0 Å². The van der Waals surface area contributed by atoms with Crippen LogP contribution >= 0.6 is 23.2 Å². The molecule has 1 amide bonds. The highest BCUT2D eigenvalue weighted by molar-refractivity contribution is 6.53. The Labute approximate surface area is 146 Å². The maximum absolute atomic E-state index is 11.9. The number of carbonyl (C=O) groups is 1. The lowest BCUT2D eigenvalue weighted by molar-refractivity contribution is -0.896. The van der Waals surface area contributed by atoms with Crippen LogP contribution in [-0.2, 0) is 4.79 Å². The summed E-state index contributed by atoms with van der Waals surface area (Å²) in [5, 5.41) is 4.06. The van der Waals surface area contributed by atoms with Crippen molar-refractivity contribution in [2.24, 2.45) is 11.0 Å². The van der Waals surface area contributed by atoms with Crippen molar-refractivity contribution in [3.8, 4) is 0 Å². The van der Waals surface area contributed by atoms with E-state index in [0.29, 0.717) is 6.54 Å². The van der Waals surface area contributed by atoms with E-state index in [-0.39, 0.29) is 17.7 Å². The van der Waals surface area contributed by atoms with Gasteiger partial charge in [0.2, 0.25) is 0 Å². The summed E-state index contributed by atoms with van der Waals surface area (Å²) in [4.78, 5) is 13.2. The van der Waals surface area contributed by atoms with Gasteiger partial charge in [-0.05, 0) is 24.8 Å². The number of hydrogen-bond acceptors (Lipinski definition) is 2. The first kappa shape index (κ1) is 16.7. The van der Waals surface area contributed by atoms with E-state index in [1.165, 1.54) is 24.2 Å². The van der Waals surface area contributed by atoms with Crippen LogP contribution in [0.15, 0.2) is 35.4 Å². The Bertz CT molecular complexity index is 570. The second-order valence-corrected chi connectivity index (χ2v) is 7.83. The molecule has 0 aromatic heterocycles. The smallest absolute Gasteiger partial charge is 0.295 e. The molecule has 1 aromatic rings. The number of halogens is 2. The van der Waals surface area contributed by atoms with E-state index in [2.05, 4.69) is 10.5 Å². The van der Waals surface area contributed by atoms with Crippen LogP contribution in [-0.4, -0.2) is 36.1 Å². The molecule has 1 heterocycles. The van der Waals surface area contributed by atoms with Crippen LogP contribution < -0.4 is 10.3 Å². The van der Waals surface area contributed by atoms with Crippen molar-refractivity contribution in [2.45, 2.75) is 29.5 Å². The van der Waals surface area contributed by atoms with Gasteiger partial charge in [0.25, 0.3) is 5.91 Å². The van der Waals surface area contributed by atoms with E-state index >= 15 is 0 Å². The molecule has 3 rings (SSSR count). The summed E-state index contributed by atoms with van der Waals surface area (Å²) in [5.74, 6) is -0.0962. The summed E-state index contributed by atoms with van der Waals surface area (Å²) in [6.45, 7) is 2.63. The number of piperidine rings is 1. The minimum Gasteiger partial charge on any atom is -0.327 e. The van der Waals surface area contributed by atoms with Crippen LogP contribution in [0.1, 0.15) is 30.7 Å². The Kier molecular flexibility index (Phi) is 5.24. The zero-order valence-electron chi connectivity index (χ0n) is 13.0. The minimum atomic E-state index is -0.840. The normalized spacial score (nSPS) is 27.0. The maximum Gasteiger partial charge on any atom is 0.295 e. The van der Waals surface area contributed by atoms with Crippen molar-refractivity contribution >= 4 is 35.3 Å². The van der Waals surface area contributed by atoms with Gasteiger partial charge in [0.15, 0.2) is 6.54 Å². The highest BCUT2D eigenvalue weighted by Gasteiger charge is 2.63. The molecule has 1 saturated heterocycles. The maximum atomic E-state index is 11.9. The number of hydrazone groups is 1. The molecule has 0 unspecified atom stereocenters. The van der Waals surface area contributed by atoms with Crippen molar-refractivity contribution in [3.05, 3.63) is 35.9 Å². The van der Waals surface area contributed by atoms with Crippen molar-refractivity contribution in [3.63, 3.8) is 0 Å². The number of hydrogen-bond donors (Lipinski definition) is 2. The number of likely N-dealkylation sites (tertiary alicyclic amines) is 1. The fourth-order valence-corrected chi connectivity index (χ4v) is 4.07. The fraction of sp³-hybridized carbons (Fsp3) is 0.529.